The summed E-state index contributed by atoms with van der Waals surface area (Å²) < 4.78 is 4.94. The van der Waals surface area contributed by atoms with Crippen LogP contribution < -0.4 is 0 Å². The molecule has 2 aliphatic heterocycles. The Kier molecular flexibility index (Phi) is 6.57. The van der Waals surface area contributed by atoms with E-state index >= 15 is 0 Å². The number of likely N-dealkylation sites (tertiary alicyclic amines) is 2. The van der Waals surface area contributed by atoms with E-state index in [1.54, 1.807) is 5.56 Å². The van der Waals surface area contributed by atoms with Gasteiger partial charge in [0, 0.05) is 50.9 Å². The molecular weight excluding hydrogens is 502 g/mol. The predicted octanol–water partition coefficient (Wildman–Crippen LogP) is 7.68. The number of hydrogen-bond acceptors (Lipinski definition) is 3. The van der Waals surface area contributed by atoms with Gasteiger partial charge < -0.3 is 18.9 Å². The largest absolute Gasteiger partial charge is 0.371 e. The van der Waals surface area contributed by atoms with E-state index in [0.717, 1.165) is 55.4 Å². The van der Waals surface area contributed by atoms with E-state index in [4.69, 9.17) is 4.98 Å². The van der Waals surface area contributed by atoms with E-state index in [1.807, 2.05) is 0 Å². The van der Waals surface area contributed by atoms with Crippen molar-refractivity contribution in [1.29, 1.82) is 0 Å². The van der Waals surface area contributed by atoms with Crippen LogP contribution in [0.15, 0.2) is 43.0 Å². The normalized spacial score (nSPS) is 21.1. The second kappa shape index (κ2) is 10.0. The van der Waals surface area contributed by atoms with Crippen molar-refractivity contribution in [2.45, 2.75) is 71.8 Å². The van der Waals surface area contributed by atoms with Crippen LogP contribution in [0.2, 0.25) is 0 Å². The van der Waals surface area contributed by atoms with Crippen molar-refractivity contribution in [3.05, 3.63) is 59.7 Å². The van der Waals surface area contributed by atoms with Crippen LogP contribution in [0.5, 0.6) is 0 Å². The van der Waals surface area contributed by atoms with Crippen molar-refractivity contribution in [2.24, 2.45) is 18.4 Å². The lowest BCUT2D eigenvalue weighted by molar-refractivity contribution is -0.0581. The molecule has 4 aromatic rings. The van der Waals surface area contributed by atoms with Gasteiger partial charge in [-0.2, -0.15) is 0 Å². The number of nitrogens with zero attached hydrogens (tertiary/aromatic N) is 5. The van der Waals surface area contributed by atoms with Gasteiger partial charge in [0.05, 0.1) is 22.2 Å². The number of piperidine rings is 1. The van der Waals surface area contributed by atoms with Crippen LogP contribution in [0.4, 0.5) is 0 Å². The van der Waals surface area contributed by atoms with Gasteiger partial charge in [-0.3, -0.25) is 0 Å². The molecule has 3 aliphatic rings. The van der Waals surface area contributed by atoms with Gasteiger partial charge in [-0.15, -0.1) is 0 Å². The summed E-state index contributed by atoms with van der Waals surface area (Å²) in [5.74, 6) is 2.47. The zero-order valence-corrected chi connectivity index (χ0v) is 25.8. The minimum Gasteiger partial charge on any atom is -0.371 e. The van der Waals surface area contributed by atoms with Crippen molar-refractivity contribution in [3.63, 3.8) is 0 Å². The Balaban J connectivity index is 1.31. The number of benzene rings is 2. The van der Waals surface area contributed by atoms with Gasteiger partial charge in [0.2, 0.25) is 0 Å². The van der Waals surface area contributed by atoms with Gasteiger partial charge in [-0.1, -0.05) is 45.5 Å². The third kappa shape index (κ3) is 4.34. The first-order valence-corrected chi connectivity index (χ1v) is 16.1. The van der Waals surface area contributed by atoms with Crippen LogP contribution in [-0.4, -0.2) is 57.1 Å². The highest BCUT2D eigenvalue weighted by Crippen LogP contribution is 2.56. The number of imidazole rings is 1. The van der Waals surface area contributed by atoms with Crippen LogP contribution in [0.25, 0.3) is 39.2 Å². The molecule has 0 bridgehead atoms. The molecule has 2 aromatic carbocycles. The Morgan fingerprint density at radius 3 is 2.59 bits per heavy atom. The maximum Gasteiger partial charge on any atom is 0.157 e. The number of rotatable bonds is 7. The first-order valence-electron chi connectivity index (χ1n) is 16.1. The standard InChI is InChI=1S/C36H47N5/c1-7-14-41-32(18-27-12-9-13-30(33(27)41)29-19-36(20-29)22-38(5)23-36)35-37-31-17-28(16-26(8-2)34(31)39(35)6)25(4)40-15-10-11-24(3)21-40/h9,12-13,16-18,24,29H,4,7-8,10-11,14-15,19-23H2,1-3,5-6H3/t24-/m1/s1. The monoisotopic (exact) mass is 549 g/mol. The molecule has 1 saturated carbocycles. The molecule has 0 N–H and O–H groups in total. The molecule has 216 valence electrons. The first-order chi connectivity index (χ1) is 19.8. The number of aryl methyl sites for hydroxylation is 3. The third-order valence-electron chi connectivity index (χ3n) is 10.4. The lowest BCUT2D eigenvalue weighted by Gasteiger charge is -2.58. The molecular formula is C36H47N5. The highest BCUT2D eigenvalue weighted by atomic mass is 15.2. The van der Waals surface area contributed by atoms with E-state index in [2.05, 4.69) is 96.8 Å². The zero-order chi connectivity index (χ0) is 28.5. The quantitative estimate of drug-likeness (QED) is 0.237. The molecule has 2 saturated heterocycles. The average Bonchev–Trinajstić information content (AvgIpc) is 3.46. The van der Waals surface area contributed by atoms with Crippen molar-refractivity contribution >= 4 is 27.6 Å². The summed E-state index contributed by atoms with van der Waals surface area (Å²) >= 11 is 0. The fourth-order valence-electron chi connectivity index (χ4n) is 8.61. The van der Waals surface area contributed by atoms with Crippen LogP contribution in [0, 0.1) is 11.3 Å². The molecule has 5 heteroatoms. The molecule has 2 aromatic heterocycles. The maximum atomic E-state index is 5.37. The van der Waals surface area contributed by atoms with Crippen LogP contribution in [-0.2, 0) is 20.0 Å². The van der Waals surface area contributed by atoms with Crippen LogP contribution in [0.3, 0.4) is 0 Å². The Bertz CT molecular complexity index is 1620. The smallest absolute Gasteiger partial charge is 0.157 e. The summed E-state index contributed by atoms with van der Waals surface area (Å²) in [6.45, 7) is 17.2. The Labute approximate surface area is 245 Å². The molecule has 1 atom stereocenters. The number of para-hydroxylation sites is 1. The highest BCUT2D eigenvalue weighted by molar-refractivity contribution is 5.92. The van der Waals surface area contributed by atoms with Gasteiger partial charge in [0.25, 0.3) is 0 Å². The Hall–Kier alpha value is -3.05. The number of fused-ring (bicyclic) bond motifs is 2. The summed E-state index contributed by atoms with van der Waals surface area (Å²) in [7, 11) is 4.47. The van der Waals surface area contributed by atoms with Gasteiger partial charge in [-0.05, 0) is 97.7 Å². The van der Waals surface area contributed by atoms with E-state index < -0.39 is 0 Å². The summed E-state index contributed by atoms with van der Waals surface area (Å²) in [4.78, 5) is 10.3. The van der Waals surface area contributed by atoms with Crippen molar-refractivity contribution < 1.29 is 0 Å². The van der Waals surface area contributed by atoms with Crippen molar-refractivity contribution in [3.8, 4) is 11.5 Å². The summed E-state index contributed by atoms with van der Waals surface area (Å²) in [5.41, 5.74) is 10.9. The lowest BCUT2D eigenvalue weighted by atomic mass is 9.56. The van der Waals surface area contributed by atoms with E-state index in [9.17, 15) is 0 Å². The lowest BCUT2D eigenvalue weighted by Crippen LogP contribution is -2.60. The minimum absolute atomic E-state index is 0.578. The fraction of sp³-hybridized carbons (Fsp3) is 0.528. The Morgan fingerprint density at radius 2 is 1.88 bits per heavy atom. The zero-order valence-electron chi connectivity index (χ0n) is 25.8. The molecule has 7 rings (SSSR count). The summed E-state index contributed by atoms with van der Waals surface area (Å²) in [6, 6.07) is 14.1. The number of hydrogen-bond donors (Lipinski definition) is 0. The fourth-order valence-corrected chi connectivity index (χ4v) is 8.61. The maximum absolute atomic E-state index is 5.37. The molecule has 1 aliphatic carbocycles. The Morgan fingerprint density at radius 1 is 1.07 bits per heavy atom. The molecule has 5 nitrogen and oxygen atoms in total. The molecule has 0 amide bonds. The van der Waals surface area contributed by atoms with E-state index in [0.29, 0.717) is 11.3 Å². The molecule has 41 heavy (non-hydrogen) atoms. The second-order valence-corrected chi connectivity index (χ2v) is 13.7. The molecule has 0 radical (unpaired) electrons. The first kappa shape index (κ1) is 26.8. The second-order valence-electron chi connectivity index (χ2n) is 13.7. The third-order valence-corrected chi connectivity index (χ3v) is 10.4. The molecule has 3 fully saturated rings. The van der Waals surface area contributed by atoms with Crippen LogP contribution >= 0.6 is 0 Å². The molecule has 1 spiro atoms. The predicted molar refractivity (Wildman–Crippen MR) is 172 cm³/mol. The number of aromatic nitrogens is 3. The van der Waals surface area contributed by atoms with Crippen LogP contribution in [0.1, 0.15) is 75.5 Å². The summed E-state index contributed by atoms with van der Waals surface area (Å²) in [5, 5.41) is 1.36. The SMILES string of the molecule is C=C(c1cc(CC)c2c(c1)nc(-c1cc3cccc(C4CC5(C4)CN(C)C5)c3n1CCC)n2C)N1CCC[C@@H](C)C1. The van der Waals surface area contributed by atoms with E-state index in [-0.39, 0.29) is 0 Å². The van der Waals surface area contributed by atoms with Crippen molar-refractivity contribution in [2.75, 3.05) is 33.2 Å². The van der Waals surface area contributed by atoms with Gasteiger partial charge in [0.1, 0.15) is 0 Å². The van der Waals surface area contributed by atoms with Gasteiger partial charge in [-0.25, -0.2) is 4.98 Å². The van der Waals surface area contributed by atoms with Gasteiger partial charge in [0.15, 0.2) is 5.82 Å². The average molecular weight is 550 g/mol. The summed E-state index contributed by atoms with van der Waals surface area (Å²) in [6.07, 6.45) is 7.31. The van der Waals surface area contributed by atoms with E-state index in [1.165, 1.54) is 72.0 Å². The van der Waals surface area contributed by atoms with Gasteiger partial charge >= 0.3 is 0 Å². The van der Waals surface area contributed by atoms with Crippen molar-refractivity contribution in [1.82, 2.24) is 23.9 Å². The highest BCUT2D eigenvalue weighted by Gasteiger charge is 2.51. The molecule has 4 heterocycles. The minimum atomic E-state index is 0.578. The topological polar surface area (TPSA) is 29.2 Å². The molecule has 0 unspecified atom stereocenters.